The van der Waals surface area contributed by atoms with Crippen molar-refractivity contribution in [3.05, 3.63) is 63.7 Å². The van der Waals surface area contributed by atoms with Crippen molar-refractivity contribution >= 4 is 23.4 Å². The summed E-state index contributed by atoms with van der Waals surface area (Å²) in [6, 6.07) is 11.3. The smallest absolute Gasteiger partial charge is 0.261 e. The number of nitrogens with one attached hydrogen (secondary N) is 1. The van der Waals surface area contributed by atoms with E-state index < -0.39 is 6.04 Å². The lowest BCUT2D eigenvalue weighted by Gasteiger charge is -2.31. The largest absolute Gasteiger partial charge is 0.484 e. The van der Waals surface area contributed by atoms with Gasteiger partial charge in [-0.1, -0.05) is 60.7 Å². The van der Waals surface area contributed by atoms with Gasteiger partial charge in [-0.3, -0.25) is 9.59 Å². The number of halogens is 1. The summed E-state index contributed by atoms with van der Waals surface area (Å²) >= 11 is 6.25. The molecule has 0 unspecified atom stereocenters. The van der Waals surface area contributed by atoms with Crippen LogP contribution in [0.25, 0.3) is 0 Å². The van der Waals surface area contributed by atoms with Gasteiger partial charge in [0.15, 0.2) is 6.61 Å². The molecule has 1 aliphatic rings. The number of amides is 2. The normalized spacial score (nSPS) is 15.1. The Bertz CT molecular complexity index is 962. The highest BCUT2D eigenvalue weighted by atomic mass is 35.5. The molecule has 1 atom stereocenters. The highest BCUT2D eigenvalue weighted by Gasteiger charge is 2.28. The number of aryl methyl sites for hydroxylation is 3. The van der Waals surface area contributed by atoms with Gasteiger partial charge in [0.25, 0.3) is 5.91 Å². The fourth-order valence-corrected chi connectivity index (χ4v) is 4.49. The van der Waals surface area contributed by atoms with Gasteiger partial charge in [0.2, 0.25) is 5.91 Å². The van der Waals surface area contributed by atoms with E-state index in [9.17, 15) is 9.59 Å². The molecule has 5 nitrogen and oxygen atoms in total. The second-order valence-electron chi connectivity index (χ2n) is 9.19. The molecular formula is C27H35ClN2O3. The summed E-state index contributed by atoms with van der Waals surface area (Å²) < 4.78 is 5.83. The van der Waals surface area contributed by atoms with Crippen molar-refractivity contribution in [1.29, 1.82) is 0 Å². The van der Waals surface area contributed by atoms with Crippen molar-refractivity contribution in [1.82, 2.24) is 10.2 Å². The maximum Gasteiger partial charge on any atom is 0.261 e. The summed E-state index contributed by atoms with van der Waals surface area (Å²) in [6.45, 7) is 7.83. The molecule has 1 aliphatic carbocycles. The van der Waals surface area contributed by atoms with Crippen LogP contribution in [-0.2, 0) is 16.1 Å². The molecule has 6 heteroatoms. The van der Waals surface area contributed by atoms with Gasteiger partial charge in [-0.2, -0.15) is 0 Å². The quantitative estimate of drug-likeness (QED) is 0.553. The maximum absolute atomic E-state index is 13.3. The number of nitrogens with zero attached hydrogens (tertiary/aromatic N) is 1. The third-order valence-electron chi connectivity index (χ3n) is 6.33. The molecule has 2 amide bonds. The Morgan fingerprint density at radius 3 is 2.39 bits per heavy atom. The van der Waals surface area contributed by atoms with E-state index in [-0.39, 0.29) is 24.5 Å². The Balaban J connectivity index is 1.73. The second kappa shape index (κ2) is 11.6. The zero-order chi connectivity index (χ0) is 24.0. The monoisotopic (exact) mass is 470 g/mol. The minimum Gasteiger partial charge on any atom is -0.484 e. The van der Waals surface area contributed by atoms with Gasteiger partial charge in [-0.15, -0.1) is 0 Å². The zero-order valence-corrected chi connectivity index (χ0v) is 20.9. The topological polar surface area (TPSA) is 58.6 Å². The lowest BCUT2D eigenvalue weighted by atomic mass is 9.95. The summed E-state index contributed by atoms with van der Waals surface area (Å²) in [6.07, 6.45) is 5.50. The standard InChI is InChI=1S/C27H35ClN2O3/c1-18-9-8-10-22(13-18)16-30(21(4)27(32)29-23-11-6-5-7-12-23)25(31)17-33-24-14-19(2)26(28)20(3)15-24/h8-10,13-15,21,23H,5-7,11-12,16-17H2,1-4H3,(H,29,32)/t21-/m0/s1. The summed E-state index contributed by atoms with van der Waals surface area (Å²) in [5.74, 6) is 0.256. The first-order valence-corrected chi connectivity index (χ1v) is 12.2. The first-order chi connectivity index (χ1) is 15.7. The summed E-state index contributed by atoms with van der Waals surface area (Å²) in [4.78, 5) is 27.9. The van der Waals surface area contributed by atoms with E-state index in [4.69, 9.17) is 16.3 Å². The van der Waals surface area contributed by atoms with Crippen molar-refractivity contribution in [3.8, 4) is 5.75 Å². The molecule has 0 radical (unpaired) electrons. The number of hydrogen-bond acceptors (Lipinski definition) is 3. The number of carbonyl (C=O) groups is 2. The zero-order valence-electron chi connectivity index (χ0n) is 20.1. The Kier molecular flexibility index (Phi) is 8.79. The van der Waals surface area contributed by atoms with Crippen LogP contribution in [0.5, 0.6) is 5.75 Å². The Morgan fingerprint density at radius 2 is 1.76 bits per heavy atom. The van der Waals surface area contributed by atoms with E-state index in [2.05, 4.69) is 5.32 Å². The van der Waals surface area contributed by atoms with Gasteiger partial charge >= 0.3 is 0 Å². The van der Waals surface area contributed by atoms with Gasteiger partial charge in [0, 0.05) is 17.6 Å². The molecule has 0 heterocycles. The van der Waals surface area contributed by atoms with E-state index in [1.807, 2.05) is 57.2 Å². The van der Waals surface area contributed by atoms with E-state index in [1.165, 1.54) is 6.42 Å². The third-order valence-corrected chi connectivity index (χ3v) is 6.92. The molecule has 1 saturated carbocycles. The third kappa shape index (κ3) is 6.97. The minimum absolute atomic E-state index is 0.110. The van der Waals surface area contributed by atoms with Crippen LogP contribution in [0.15, 0.2) is 36.4 Å². The molecule has 33 heavy (non-hydrogen) atoms. The lowest BCUT2D eigenvalue weighted by molar-refractivity contribution is -0.142. The number of carbonyl (C=O) groups excluding carboxylic acids is 2. The molecule has 178 valence electrons. The SMILES string of the molecule is Cc1cccc(CN(C(=O)COc2cc(C)c(Cl)c(C)c2)[C@@H](C)C(=O)NC2CCCCC2)c1. The van der Waals surface area contributed by atoms with Crippen LogP contribution in [0.3, 0.4) is 0 Å². The van der Waals surface area contributed by atoms with E-state index in [0.29, 0.717) is 17.3 Å². The van der Waals surface area contributed by atoms with Crippen molar-refractivity contribution in [2.45, 2.75) is 78.4 Å². The van der Waals surface area contributed by atoms with Crippen molar-refractivity contribution < 1.29 is 14.3 Å². The molecule has 3 rings (SSSR count). The average molecular weight is 471 g/mol. The highest BCUT2D eigenvalue weighted by molar-refractivity contribution is 6.32. The van der Waals surface area contributed by atoms with Crippen LogP contribution in [0.4, 0.5) is 0 Å². The van der Waals surface area contributed by atoms with Gasteiger partial charge < -0.3 is 15.0 Å². The Morgan fingerprint density at radius 1 is 1.09 bits per heavy atom. The van der Waals surface area contributed by atoms with Crippen molar-refractivity contribution in [2.24, 2.45) is 0 Å². The first-order valence-electron chi connectivity index (χ1n) is 11.8. The van der Waals surface area contributed by atoms with Crippen molar-refractivity contribution in [3.63, 3.8) is 0 Å². The van der Waals surface area contributed by atoms with Crippen LogP contribution in [0.1, 0.15) is 61.3 Å². The molecule has 0 saturated heterocycles. The molecule has 0 bridgehead atoms. The first kappa shape index (κ1) is 25.1. The molecule has 1 fully saturated rings. The summed E-state index contributed by atoms with van der Waals surface area (Å²) in [7, 11) is 0. The van der Waals surface area contributed by atoms with Crippen molar-refractivity contribution in [2.75, 3.05) is 6.61 Å². The Hall–Kier alpha value is -2.53. The average Bonchev–Trinajstić information content (AvgIpc) is 2.79. The second-order valence-corrected chi connectivity index (χ2v) is 9.57. The van der Waals surface area contributed by atoms with Crippen LogP contribution in [-0.4, -0.2) is 35.4 Å². The van der Waals surface area contributed by atoms with Crippen LogP contribution < -0.4 is 10.1 Å². The van der Waals surface area contributed by atoms with Gasteiger partial charge in [0.1, 0.15) is 11.8 Å². The number of ether oxygens (including phenoxy) is 1. The Labute approximate surface area is 202 Å². The summed E-state index contributed by atoms with van der Waals surface area (Å²) in [5.41, 5.74) is 3.90. The maximum atomic E-state index is 13.3. The molecule has 2 aromatic carbocycles. The predicted molar refractivity (Wildman–Crippen MR) is 133 cm³/mol. The fraction of sp³-hybridized carbons (Fsp3) is 0.481. The van der Waals surface area contributed by atoms with Gasteiger partial charge in [0.05, 0.1) is 0 Å². The molecule has 2 aromatic rings. The molecular weight excluding hydrogens is 436 g/mol. The van der Waals surface area contributed by atoms with E-state index >= 15 is 0 Å². The number of hydrogen-bond donors (Lipinski definition) is 1. The summed E-state index contributed by atoms with van der Waals surface area (Å²) in [5, 5.41) is 3.85. The number of benzene rings is 2. The number of rotatable bonds is 8. The lowest BCUT2D eigenvalue weighted by Crippen LogP contribution is -2.51. The van der Waals surface area contributed by atoms with Gasteiger partial charge in [-0.25, -0.2) is 0 Å². The fourth-order valence-electron chi connectivity index (χ4n) is 4.38. The predicted octanol–water partition coefficient (Wildman–Crippen LogP) is 5.51. The van der Waals surface area contributed by atoms with Gasteiger partial charge in [-0.05, 0) is 69.4 Å². The molecule has 0 spiro atoms. The molecule has 0 aliphatic heterocycles. The highest BCUT2D eigenvalue weighted by Crippen LogP contribution is 2.26. The van der Waals surface area contributed by atoms with Crippen LogP contribution in [0, 0.1) is 20.8 Å². The van der Waals surface area contributed by atoms with E-state index in [1.54, 1.807) is 11.8 Å². The minimum atomic E-state index is -0.600. The van der Waals surface area contributed by atoms with Crippen LogP contribution >= 0.6 is 11.6 Å². The molecule has 1 N–H and O–H groups in total. The van der Waals surface area contributed by atoms with Crippen LogP contribution in [0.2, 0.25) is 5.02 Å². The van der Waals surface area contributed by atoms with E-state index in [0.717, 1.165) is 47.9 Å². The molecule has 0 aromatic heterocycles.